The Morgan fingerprint density at radius 3 is 2.69 bits per heavy atom. The molecule has 1 saturated heterocycles. The maximum Gasteiger partial charge on any atom is 0.0209 e. The normalized spacial score (nSPS) is 31.7. The van der Waals surface area contributed by atoms with Gasteiger partial charge in [-0.1, -0.05) is 39.5 Å². The number of hydrogen-bond donors (Lipinski definition) is 1. The van der Waals surface area contributed by atoms with Crippen LogP contribution in [0.5, 0.6) is 0 Å². The van der Waals surface area contributed by atoms with Gasteiger partial charge in [0.1, 0.15) is 0 Å². The van der Waals surface area contributed by atoms with Crippen molar-refractivity contribution in [1.29, 1.82) is 0 Å². The van der Waals surface area contributed by atoms with Gasteiger partial charge >= 0.3 is 0 Å². The van der Waals surface area contributed by atoms with Crippen LogP contribution in [0, 0.1) is 11.8 Å². The first kappa shape index (κ1) is 12.4. The van der Waals surface area contributed by atoms with E-state index in [0.717, 1.165) is 11.8 Å². The van der Waals surface area contributed by atoms with E-state index in [-0.39, 0.29) is 0 Å². The SMILES string of the molecule is CC(C)CCCC1(C2CC2)CCCCCN1. The Bertz CT molecular complexity index is 197. The van der Waals surface area contributed by atoms with E-state index >= 15 is 0 Å². The van der Waals surface area contributed by atoms with Gasteiger partial charge in [-0.05, 0) is 50.5 Å². The third-order valence-electron chi connectivity index (χ3n) is 4.54. The lowest BCUT2D eigenvalue weighted by Gasteiger charge is -2.34. The molecule has 1 unspecified atom stereocenters. The maximum absolute atomic E-state index is 3.93. The van der Waals surface area contributed by atoms with Gasteiger partial charge in [0.15, 0.2) is 0 Å². The van der Waals surface area contributed by atoms with Crippen molar-refractivity contribution in [3.05, 3.63) is 0 Å². The topological polar surface area (TPSA) is 12.0 Å². The van der Waals surface area contributed by atoms with Crippen LogP contribution in [0.15, 0.2) is 0 Å². The van der Waals surface area contributed by atoms with Crippen LogP contribution in [-0.4, -0.2) is 12.1 Å². The second kappa shape index (κ2) is 5.53. The number of nitrogens with one attached hydrogen (secondary N) is 1. The zero-order chi connectivity index (χ0) is 11.4. The van der Waals surface area contributed by atoms with E-state index in [2.05, 4.69) is 19.2 Å². The predicted molar refractivity (Wildman–Crippen MR) is 70.6 cm³/mol. The van der Waals surface area contributed by atoms with E-state index in [1.807, 2.05) is 0 Å². The zero-order valence-corrected chi connectivity index (χ0v) is 11.2. The molecule has 0 aromatic rings. The van der Waals surface area contributed by atoms with Gasteiger partial charge in [0, 0.05) is 5.54 Å². The van der Waals surface area contributed by atoms with E-state index in [1.54, 1.807) is 0 Å². The monoisotopic (exact) mass is 223 g/mol. The van der Waals surface area contributed by atoms with Crippen LogP contribution in [0.25, 0.3) is 0 Å². The summed E-state index contributed by atoms with van der Waals surface area (Å²) in [6.45, 7) is 5.98. The second-order valence-corrected chi connectivity index (χ2v) is 6.45. The summed E-state index contributed by atoms with van der Waals surface area (Å²) in [5.74, 6) is 1.90. The molecule has 2 fully saturated rings. The van der Waals surface area contributed by atoms with Gasteiger partial charge in [0.25, 0.3) is 0 Å². The maximum atomic E-state index is 3.93. The highest BCUT2D eigenvalue weighted by atomic mass is 15.0. The molecule has 0 bridgehead atoms. The molecule has 1 N–H and O–H groups in total. The Balaban J connectivity index is 1.86. The van der Waals surface area contributed by atoms with Crippen LogP contribution in [0.2, 0.25) is 0 Å². The van der Waals surface area contributed by atoms with Gasteiger partial charge < -0.3 is 5.32 Å². The number of rotatable bonds is 5. The third-order valence-corrected chi connectivity index (χ3v) is 4.54. The summed E-state index contributed by atoms with van der Waals surface area (Å²) in [6.07, 6.45) is 13.0. The van der Waals surface area contributed by atoms with E-state index in [0.29, 0.717) is 5.54 Å². The molecule has 0 amide bonds. The molecule has 1 heteroatoms. The van der Waals surface area contributed by atoms with Crippen molar-refractivity contribution >= 4 is 0 Å². The van der Waals surface area contributed by atoms with Crippen molar-refractivity contribution in [3.63, 3.8) is 0 Å². The van der Waals surface area contributed by atoms with Gasteiger partial charge in [0.05, 0.1) is 0 Å². The van der Waals surface area contributed by atoms with Gasteiger partial charge in [-0.2, -0.15) is 0 Å². The van der Waals surface area contributed by atoms with Gasteiger partial charge in [-0.3, -0.25) is 0 Å². The third kappa shape index (κ3) is 3.23. The summed E-state index contributed by atoms with van der Waals surface area (Å²) in [7, 11) is 0. The smallest absolute Gasteiger partial charge is 0.0209 e. The van der Waals surface area contributed by atoms with Crippen LogP contribution >= 0.6 is 0 Å². The lowest BCUT2D eigenvalue weighted by Crippen LogP contribution is -2.46. The molecule has 0 aromatic carbocycles. The van der Waals surface area contributed by atoms with Crippen LogP contribution in [0.4, 0.5) is 0 Å². The number of hydrogen-bond acceptors (Lipinski definition) is 1. The van der Waals surface area contributed by atoms with Crippen LogP contribution in [0.1, 0.15) is 71.6 Å². The molecule has 1 atom stereocenters. The molecular weight excluding hydrogens is 194 g/mol. The van der Waals surface area contributed by atoms with Crippen molar-refractivity contribution < 1.29 is 0 Å². The van der Waals surface area contributed by atoms with E-state index in [9.17, 15) is 0 Å². The molecule has 2 aliphatic rings. The Morgan fingerprint density at radius 1 is 1.19 bits per heavy atom. The molecular formula is C15H29N. The lowest BCUT2D eigenvalue weighted by molar-refractivity contribution is 0.241. The van der Waals surface area contributed by atoms with Gasteiger partial charge in [0.2, 0.25) is 0 Å². The average Bonchev–Trinajstić information content (AvgIpc) is 3.04. The highest BCUT2D eigenvalue weighted by Crippen LogP contribution is 2.46. The first-order valence-electron chi connectivity index (χ1n) is 7.48. The quantitative estimate of drug-likeness (QED) is 0.739. The van der Waals surface area contributed by atoms with Crippen molar-refractivity contribution in [2.24, 2.45) is 11.8 Å². The Hall–Kier alpha value is -0.0400. The van der Waals surface area contributed by atoms with Crippen molar-refractivity contribution in [3.8, 4) is 0 Å². The van der Waals surface area contributed by atoms with Crippen LogP contribution in [-0.2, 0) is 0 Å². The molecule has 16 heavy (non-hydrogen) atoms. The predicted octanol–water partition coefficient (Wildman–Crippen LogP) is 4.13. The van der Waals surface area contributed by atoms with E-state index in [4.69, 9.17) is 0 Å². The van der Waals surface area contributed by atoms with Crippen LogP contribution in [0.3, 0.4) is 0 Å². The second-order valence-electron chi connectivity index (χ2n) is 6.45. The van der Waals surface area contributed by atoms with Crippen molar-refractivity contribution in [2.75, 3.05) is 6.54 Å². The Morgan fingerprint density at radius 2 is 2.00 bits per heavy atom. The minimum absolute atomic E-state index is 0.561. The summed E-state index contributed by atoms with van der Waals surface area (Å²) in [5, 5.41) is 3.93. The molecule has 0 spiro atoms. The summed E-state index contributed by atoms with van der Waals surface area (Å²) in [6, 6.07) is 0. The molecule has 1 saturated carbocycles. The average molecular weight is 223 g/mol. The molecule has 1 nitrogen and oxygen atoms in total. The highest BCUT2D eigenvalue weighted by Gasteiger charge is 2.44. The molecule has 1 heterocycles. The molecule has 1 aliphatic carbocycles. The fraction of sp³-hybridized carbons (Fsp3) is 1.00. The molecule has 0 radical (unpaired) electrons. The minimum atomic E-state index is 0.561. The molecule has 1 aliphatic heterocycles. The standard InChI is InChI=1S/C15H29N/c1-13(2)7-6-11-15(14-8-9-14)10-4-3-5-12-16-15/h13-14,16H,3-12H2,1-2H3. The van der Waals surface area contributed by atoms with Gasteiger partial charge in [-0.15, -0.1) is 0 Å². The summed E-state index contributed by atoms with van der Waals surface area (Å²) in [5.41, 5.74) is 0.561. The first-order valence-corrected chi connectivity index (χ1v) is 7.48. The summed E-state index contributed by atoms with van der Waals surface area (Å²) < 4.78 is 0. The fourth-order valence-electron chi connectivity index (χ4n) is 3.40. The van der Waals surface area contributed by atoms with Gasteiger partial charge in [-0.25, -0.2) is 0 Å². The van der Waals surface area contributed by atoms with Crippen molar-refractivity contribution in [1.82, 2.24) is 5.32 Å². The van der Waals surface area contributed by atoms with Crippen LogP contribution < -0.4 is 5.32 Å². The van der Waals surface area contributed by atoms with E-state index < -0.39 is 0 Å². The minimum Gasteiger partial charge on any atom is -0.311 e. The lowest BCUT2D eigenvalue weighted by atomic mass is 9.82. The summed E-state index contributed by atoms with van der Waals surface area (Å²) in [4.78, 5) is 0. The largest absolute Gasteiger partial charge is 0.311 e. The molecule has 0 aromatic heterocycles. The van der Waals surface area contributed by atoms with Crippen molar-refractivity contribution in [2.45, 2.75) is 77.2 Å². The zero-order valence-electron chi connectivity index (χ0n) is 11.2. The Kier molecular flexibility index (Phi) is 4.29. The Labute approximate surface area is 101 Å². The fourth-order valence-corrected chi connectivity index (χ4v) is 3.40. The first-order chi connectivity index (χ1) is 7.73. The molecule has 94 valence electrons. The van der Waals surface area contributed by atoms with E-state index in [1.165, 1.54) is 64.3 Å². The molecule has 2 rings (SSSR count). The summed E-state index contributed by atoms with van der Waals surface area (Å²) >= 11 is 0. The highest BCUT2D eigenvalue weighted by molar-refractivity contribution is 5.01.